The number of benzene rings is 2. The fourth-order valence-electron chi connectivity index (χ4n) is 2.45. The number of hydrogen-bond acceptors (Lipinski definition) is 6. The Morgan fingerprint density at radius 3 is 2.70 bits per heavy atom. The minimum atomic E-state index is -0.228. The minimum Gasteiger partial charge on any atom is -0.496 e. The molecule has 0 aliphatic carbocycles. The van der Waals surface area contributed by atoms with Crippen LogP contribution in [0.5, 0.6) is 11.5 Å². The van der Waals surface area contributed by atoms with Crippen LogP contribution in [0.2, 0.25) is 5.02 Å². The largest absolute Gasteiger partial charge is 0.496 e. The second-order valence-electron chi connectivity index (χ2n) is 5.65. The number of carbonyl (C=O) groups excluding carboxylic acids is 1. The van der Waals surface area contributed by atoms with Crippen LogP contribution in [-0.2, 0) is 0 Å². The fourth-order valence-corrected chi connectivity index (χ4v) is 2.70. The summed E-state index contributed by atoms with van der Waals surface area (Å²) >= 11 is 6.32. The van der Waals surface area contributed by atoms with E-state index in [1.165, 1.54) is 18.1 Å². The number of para-hydroxylation sites is 1. The summed E-state index contributed by atoms with van der Waals surface area (Å²) in [6.45, 7) is 0.772. The summed E-state index contributed by atoms with van der Waals surface area (Å²) in [7, 11) is 3.18. The fraction of sp³-hybridized carbons (Fsp3) is 0.222. The smallest absolute Gasteiger partial charge is 0.257 e. The first-order valence-corrected chi connectivity index (χ1v) is 8.52. The number of methoxy groups -OCH3 is 1. The number of carbonyl (C=O) groups is 1. The van der Waals surface area contributed by atoms with E-state index in [1.807, 2.05) is 30.3 Å². The lowest BCUT2D eigenvalue weighted by atomic mass is 10.1. The van der Waals surface area contributed by atoms with Crippen molar-refractivity contribution in [1.82, 2.24) is 25.1 Å². The predicted molar refractivity (Wildman–Crippen MR) is 99.6 cm³/mol. The van der Waals surface area contributed by atoms with Crippen molar-refractivity contribution in [2.45, 2.75) is 0 Å². The van der Waals surface area contributed by atoms with Gasteiger partial charge in [0.1, 0.15) is 24.4 Å². The van der Waals surface area contributed by atoms with E-state index in [4.69, 9.17) is 21.1 Å². The number of likely N-dealkylation sites (N-methyl/N-ethyl adjacent to an activating group) is 1. The van der Waals surface area contributed by atoms with Crippen molar-refractivity contribution < 1.29 is 14.3 Å². The number of aromatic nitrogens is 4. The van der Waals surface area contributed by atoms with E-state index in [0.717, 1.165) is 5.75 Å². The van der Waals surface area contributed by atoms with Gasteiger partial charge < -0.3 is 14.4 Å². The minimum absolute atomic E-state index is 0.228. The summed E-state index contributed by atoms with van der Waals surface area (Å²) in [4.78, 5) is 14.4. The summed E-state index contributed by atoms with van der Waals surface area (Å²) in [6.07, 6.45) is 1.41. The molecule has 0 saturated carbocycles. The van der Waals surface area contributed by atoms with E-state index in [2.05, 4.69) is 15.5 Å². The van der Waals surface area contributed by atoms with Gasteiger partial charge in [-0.25, -0.2) is 0 Å². The topological polar surface area (TPSA) is 82.4 Å². The molecule has 1 amide bonds. The van der Waals surface area contributed by atoms with Crippen LogP contribution in [0.15, 0.2) is 48.8 Å². The molecule has 8 nitrogen and oxygen atoms in total. The van der Waals surface area contributed by atoms with Gasteiger partial charge in [-0.2, -0.15) is 4.68 Å². The number of rotatable bonds is 7. The molecule has 1 heterocycles. The highest BCUT2D eigenvalue weighted by Crippen LogP contribution is 2.30. The molecule has 3 rings (SSSR count). The van der Waals surface area contributed by atoms with E-state index in [1.54, 1.807) is 24.1 Å². The molecule has 140 valence electrons. The highest BCUT2D eigenvalue weighted by molar-refractivity contribution is 6.33. The van der Waals surface area contributed by atoms with Crippen molar-refractivity contribution in [3.8, 4) is 17.2 Å². The Hall–Kier alpha value is -3.13. The molecular formula is C18H18ClN5O3. The first kappa shape index (κ1) is 18.7. The van der Waals surface area contributed by atoms with Gasteiger partial charge in [0.05, 0.1) is 29.9 Å². The lowest BCUT2D eigenvalue weighted by Crippen LogP contribution is -2.31. The van der Waals surface area contributed by atoms with Crippen LogP contribution in [-0.4, -0.2) is 58.3 Å². The van der Waals surface area contributed by atoms with Crippen molar-refractivity contribution in [3.63, 3.8) is 0 Å². The predicted octanol–water partition coefficient (Wildman–Crippen LogP) is 2.48. The van der Waals surface area contributed by atoms with Gasteiger partial charge in [0.15, 0.2) is 0 Å². The molecule has 0 radical (unpaired) electrons. The maximum absolute atomic E-state index is 12.8. The lowest BCUT2D eigenvalue weighted by molar-refractivity contribution is 0.0770. The Bertz CT molecular complexity index is 903. The maximum atomic E-state index is 12.8. The van der Waals surface area contributed by atoms with Gasteiger partial charge in [-0.15, -0.1) is 5.10 Å². The molecule has 0 aliphatic rings. The Morgan fingerprint density at radius 2 is 2.04 bits per heavy atom. The van der Waals surface area contributed by atoms with Crippen LogP contribution in [0, 0.1) is 0 Å². The van der Waals surface area contributed by atoms with Gasteiger partial charge in [-0.1, -0.05) is 29.8 Å². The third-order valence-electron chi connectivity index (χ3n) is 3.88. The van der Waals surface area contributed by atoms with Gasteiger partial charge in [-0.3, -0.25) is 4.79 Å². The molecule has 0 fully saturated rings. The summed E-state index contributed by atoms with van der Waals surface area (Å²) in [5, 5.41) is 11.3. The molecule has 0 bridgehead atoms. The SMILES string of the molecule is COc1cc(-n2cnnn2)c(Cl)cc1C(=O)N(C)CCOc1ccccc1. The van der Waals surface area contributed by atoms with Crippen LogP contribution in [0.25, 0.3) is 5.69 Å². The first-order valence-electron chi connectivity index (χ1n) is 8.14. The van der Waals surface area contributed by atoms with Crippen molar-refractivity contribution in [2.24, 2.45) is 0 Å². The summed E-state index contributed by atoms with van der Waals surface area (Å²) in [5.74, 6) is 0.907. The van der Waals surface area contributed by atoms with E-state index >= 15 is 0 Å². The average molecular weight is 388 g/mol. The molecule has 0 aliphatic heterocycles. The molecular weight excluding hydrogens is 370 g/mol. The van der Waals surface area contributed by atoms with E-state index in [9.17, 15) is 4.79 Å². The number of ether oxygens (including phenoxy) is 2. The van der Waals surface area contributed by atoms with Crippen LogP contribution >= 0.6 is 11.6 Å². The van der Waals surface area contributed by atoms with Crippen molar-refractivity contribution in [1.29, 1.82) is 0 Å². The third-order valence-corrected chi connectivity index (χ3v) is 4.18. The van der Waals surface area contributed by atoms with Gasteiger partial charge in [0, 0.05) is 13.1 Å². The van der Waals surface area contributed by atoms with E-state index in [-0.39, 0.29) is 5.91 Å². The number of hydrogen-bond donors (Lipinski definition) is 0. The van der Waals surface area contributed by atoms with Crippen molar-refractivity contribution in [3.05, 3.63) is 59.4 Å². The van der Waals surface area contributed by atoms with Gasteiger partial charge in [-0.05, 0) is 28.6 Å². The van der Waals surface area contributed by atoms with Crippen molar-refractivity contribution in [2.75, 3.05) is 27.3 Å². The Kier molecular flexibility index (Phi) is 5.87. The molecule has 27 heavy (non-hydrogen) atoms. The number of tetrazole rings is 1. The van der Waals surface area contributed by atoms with E-state index < -0.39 is 0 Å². The monoisotopic (exact) mass is 387 g/mol. The highest BCUT2D eigenvalue weighted by atomic mass is 35.5. The summed E-state index contributed by atoms with van der Waals surface area (Å²) in [5.41, 5.74) is 0.867. The zero-order valence-corrected chi connectivity index (χ0v) is 15.6. The first-order chi connectivity index (χ1) is 13.1. The van der Waals surface area contributed by atoms with Gasteiger partial charge >= 0.3 is 0 Å². The van der Waals surface area contributed by atoms with Crippen molar-refractivity contribution >= 4 is 17.5 Å². The molecule has 0 N–H and O–H groups in total. The Balaban J connectivity index is 1.72. The normalized spacial score (nSPS) is 10.5. The van der Waals surface area contributed by atoms with Gasteiger partial charge in [0.2, 0.25) is 0 Å². The average Bonchev–Trinajstić information content (AvgIpc) is 3.22. The molecule has 0 atom stereocenters. The number of amides is 1. The molecule has 1 aromatic heterocycles. The zero-order valence-electron chi connectivity index (χ0n) is 14.9. The molecule has 3 aromatic rings. The van der Waals surface area contributed by atoms with Crippen LogP contribution in [0.1, 0.15) is 10.4 Å². The molecule has 9 heteroatoms. The lowest BCUT2D eigenvalue weighted by Gasteiger charge is -2.19. The number of nitrogens with zero attached hydrogens (tertiary/aromatic N) is 5. The van der Waals surface area contributed by atoms with Gasteiger partial charge in [0.25, 0.3) is 5.91 Å². The zero-order chi connectivity index (χ0) is 19.2. The molecule has 0 unspecified atom stereocenters. The summed E-state index contributed by atoms with van der Waals surface area (Å²) < 4.78 is 12.4. The number of halogens is 1. The quantitative estimate of drug-likeness (QED) is 0.619. The second-order valence-corrected chi connectivity index (χ2v) is 6.05. The van der Waals surface area contributed by atoms with E-state index in [0.29, 0.717) is 35.2 Å². The second kappa shape index (κ2) is 8.50. The standard InChI is InChI=1S/C18H18ClN5O3/c1-23(8-9-27-13-6-4-3-5-7-13)18(25)14-10-15(19)16(11-17(14)26-2)24-12-20-21-22-24/h3-7,10-12H,8-9H2,1-2H3. The molecule has 2 aromatic carbocycles. The van der Waals surface area contributed by atoms with Crippen LogP contribution in [0.3, 0.4) is 0 Å². The maximum Gasteiger partial charge on any atom is 0.257 e. The highest BCUT2D eigenvalue weighted by Gasteiger charge is 2.20. The van der Waals surface area contributed by atoms with Crippen LogP contribution < -0.4 is 9.47 Å². The molecule has 0 saturated heterocycles. The Labute approximate surface area is 161 Å². The summed E-state index contributed by atoms with van der Waals surface area (Å²) in [6, 6.07) is 12.6. The van der Waals surface area contributed by atoms with Crippen LogP contribution in [0.4, 0.5) is 0 Å². The molecule has 0 spiro atoms. The third kappa shape index (κ3) is 4.35. The Morgan fingerprint density at radius 1 is 1.26 bits per heavy atom.